The van der Waals surface area contributed by atoms with Crippen molar-refractivity contribution < 1.29 is 9.90 Å². The zero-order chi connectivity index (χ0) is 16.1. The number of rotatable bonds is 6. The summed E-state index contributed by atoms with van der Waals surface area (Å²) in [6.07, 6.45) is 2.42. The van der Waals surface area contributed by atoms with Gasteiger partial charge in [-0.1, -0.05) is 26.0 Å². The Morgan fingerprint density at radius 1 is 1.32 bits per heavy atom. The Balaban J connectivity index is 2.16. The summed E-state index contributed by atoms with van der Waals surface area (Å²) >= 11 is 0. The lowest BCUT2D eigenvalue weighted by Crippen LogP contribution is -2.13. The first-order valence-corrected chi connectivity index (χ1v) is 7.63. The number of amides is 1. The number of aryl methyl sites for hydroxylation is 1. The SMILES string of the molecule is CCn1cc(C(=O)Nc2ccc(CCO)cc2)c(C(C)C)n1. The number of hydrogen-bond donors (Lipinski definition) is 2. The van der Waals surface area contributed by atoms with E-state index < -0.39 is 0 Å². The predicted octanol–water partition coefficient (Wildman–Crippen LogP) is 2.81. The van der Waals surface area contributed by atoms with Gasteiger partial charge in [-0.05, 0) is 37.0 Å². The third kappa shape index (κ3) is 3.74. The molecule has 2 aromatic rings. The van der Waals surface area contributed by atoms with Gasteiger partial charge < -0.3 is 10.4 Å². The second-order valence-electron chi connectivity index (χ2n) is 5.56. The summed E-state index contributed by atoms with van der Waals surface area (Å²) in [5, 5.41) is 16.3. The Hall–Kier alpha value is -2.14. The monoisotopic (exact) mass is 301 g/mol. The lowest BCUT2D eigenvalue weighted by atomic mass is 10.1. The van der Waals surface area contributed by atoms with Crippen molar-refractivity contribution in [2.24, 2.45) is 0 Å². The van der Waals surface area contributed by atoms with Gasteiger partial charge in [0.2, 0.25) is 0 Å². The number of carbonyl (C=O) groups excluding carboxylic acids is 1. The molecule has 1 heterocycles. The number of nitrogens with zero attached hydrogens (tertiary/aromatic N) is 2. The molecule has 0 spiro atoms. The third-order valence-corrected chi connectivity index (χ3v) is 3.52. The summed E-state index contributed by atoms with van der Waals surface area (Å²) < 4.78 is 1.79. The number of aromatic nitrogens is 2. The lowest BCUT2D eigenvalue weighted by molar-refractivity contribution is 0.102. The molecule has 0 saturated carbocycles. The molecule has 0 aliphatic carbocycles. The molecule has 2 rings (SSSR count). The van der Waals surface area contributed by atoms with Gasteiger partial charge >= 0.3 is 0 Å². The highest BCUT2D eigenvalue weighted by atomic mass is 16.3. The molecule has 1 aromatic carbocycles. The molecule has 0 bridgehead atoms. The van der Waals surface area contributed by atoms with Crippen molar-refractivity contribution in [1.82, 2.24) is 9.78 Å². The van der Waals surface area contributed by atoms with E-state index >= 15 is 0 Å². The van der Waals surface area contributed by atoms with Crippen LogP contribution in [0.1, 0.15) is 48.3 Å². The molecule has 5 nitrogen and oxygen atoms in total. The fourth-order valence-corrected chi connectivity index (χ4v) is 2.28. The molecule has 1 aromatic heterocycles. The first-order valence-electron chi connectivity index (χ1n) is 7.63. The van der Waals surface area contributed by atoms with Crippen LogP contribution < -0.4 is 5.32 Å². The number of aliphatic hydroxyl groups excluding tert-OH is 1. The lowest BCUT2D eigenvalue weighted by Gasteiger charge is -2.07. The first-order chi connectivity index (χ1) is 10.5. The Bertz CT molecular complexity index is 630. The van der Waals surface area contributed by atoms with Crippen LogP contribution in [0.3, 0.4) is 0 Å². The molecule has 22 heavy (non-hydrogen) atoms. The molecule has 0 aliphatic heterocycles. The van der Waals surface area contributed by atoms with Crippen LogP contribution in [0.25, 0.3) is 0 Å². The Morgan fingerprint density at radius 3 is 2.55 bits per heavy atom. The van der Waals surface area contributed by atoms with E-state index in [1.54, 1.807) is 10.9 Å². The van der Waals surface area contributed by atoms with Crippen LogP contribution in [0.4, 0.5) is 5.69 Å². The minimum atomic E-state index is -0.140. The summed E-state index contributed by atoms with van der Waals surface area (Å²) in [5.74, 6) is 0.0544. The minimum absolute atomic E-state index is 0.125. The molecule has 0 fully saturated rings. The molecule has 5 heteroatoms. The number of nitrogens with one attached hydrogen (secondary N) is 1. The second kappa shape index (κ2) is 7.22. The van der Waals surface area contributed by atoms with Gasteiger partial charge in [-0.25, -0.2) is 0 Å². The van der Waals surface area contributed by atoms with Crippen molar-refractivity contribution in [2.75, 3.05) is 11.9 Å². The zero-order valence-corrected chi connectivity index (χ0v) is 13.3. The minimum Gasteiger partial charge on any atom is -0.396 e. The van der Waals surface area contributed by atoms with E-state index in [4.69, 9.17) is 5.11 Å². The highest BCUT2D eigenvalue weighted by Gasteiger charge is 2.18. The van der Waals surface area contributed by atoms with Gasteiger partial charge in [0.05, 0.1) is 11.3 Å². The topological polar surface area (TPSA) is 67.2 Å². The molecule has 0 atom stereocenters. The van der Waals surface area contributed by atoms with E-state index in [1.807, 2.05) is 45.0 Å². The predicted molar refractivity (Wildman–Crippen MR) is 87.2 cm³/mol. The highest BCUT2D eigenvalue weighted by Crippen LogP contribution is 2.19. The normalized spacial score (nSPS) is 11.0. The number of hydrogen-bond acceptors (Lipinski definition) is 3. The van der Waals surface area contributed by atoms with E-state index in [2.05, 4.69) is 10.4 Å². The van der Waals surface area contributed by atoms with Crippen molar-refractivity contribution in [3.8, 4) is 0 Å². The molecule has 1 amide bonds. The van der Waals surface area contributed by atoms with E-state index in [0.717, 1.165) is 23.5 Å². The van der Waals surface area contributed by atoms with Crippen molar-refractivity contribution in [3.63, 3.8) is 0 Å². The summed E-state index contributed by atoms with van der Waals surface area (Å²) in [6, 6.07) is 7.51. The highest BCUT2D eigenvalue weighted by molar-refractivity contribution is 6.05. The third-order valence-electron chi connectivity index (χ3n) is 3.52. The largest absolute Gasteiger partial charge is 0.396 e. The molecular weight excluding hydrogens is 278 g/mol. The number of aliphatic hydroxyl groups is 1. The maximum atomic E-state index is 12.5. The molecule has 0 radical (unpaired) electrons. The van der Waals surface area contributed by atoms with Crippen LogP contribution in [-0.2, 0) is 13.0 Å². The molecular formula is C17H23N3O2. The van der Waals surface area contributed by atoms with Crippen LogP contribution in [0.5, 0.6) is 0 Å². The van der Waals surface area contributed by atoms with Gasteiger partial charge in [-0.3, -0.25) is 9.48 Å². The molecule has 0 aliphatic rings. The quantitative estimate of drug-likeness (QED) is 0.862. The zero-order valence-electron chi connectivity index (χ0n) is 13.3. The van der Waals surface area contributed by atoms with Crippen molar-refractivity contribution in [3.05, 3.63) is 47.3 Å². The summed E-state index contributed by atoms with van der Waals surface area (Å²) in [5.41, 5.74) is 3.22. The second-order valence-corrected chi connectivity index (χ2v) is 5.56. The maximum absolute atomic E-state index is 12.5. The van der Waals surface area contributed by atoms with Crippen molar-refractivity contribution >= 4 is 11.6 Å². The van der Waals surface area contributed by atoms with Crippen LogP contribution >= 0.6 is 0 Å². The number of anilines is 1. The van der Waals surface area contributed by atoms with Gasteiger partial charge in [-0.15, -0.1) is 0 Å². The van der Waals surface area contributed by atoms with Crippen LogP contribution in [0.15, 0.2) is 30.5 Å². The van der Waals surface area contributed by atoms with Gasteiger partial charge in [-0.2, -0.15) is 5.10 Å². The number of carbonyl (C=O) groups is 1. The molecule has 0 unspecified atom stereocenters. The van der Waals surface area contributed by atoms with Crippen LogP contribution in [0, 0.1) is 0 Å². The van der Waals surface area contributed by atoms with E-state index in [9.17, 15) is 4.79 Å². The summed E-state index contributed by atoms with van der Waals surface area (Å²) in [7, 11) is 0. The van der Waals surface area contributed by atoms with Gasteiger partial charge in [0.25, 0.3) is 5.91 Å². The smallest absolute Gasteiger partial charge is 0.259 e. The first kappa shape index (κ1) is 16.2. The van der Waals surface area contributed by atoms with Gasteiger partial charge in [0, 0.05) is 25.0 Å². The maximum Gasteiger partial charge on any atom is 0.259 e. The van der Waals surface area contributed by atoms with Crippen molar-refractivity contribution in [1.29, 1.82) is 0 Å². The summed E-state index contributed by atoms with van der Waals surface area (Å²) in [4.78, 5) is 12.5. The Kier molecular flexibility index (Phi) is 5.33. The Morgan fingerprint density at radius 2 is 2.00 bits per heavy atom. The molecule has 118 valence electrons. The van der Waals surface area contributed by atoms with Crippen LogP contribution in [0.2, 0.25) is 0 Å². The van der Waals surface area contributed by atoms with Gasteiger partial charge in [0.15, 0.2) is 0 Å². The fraction of sp³-hybridized carbons (Fsp3) is 0.412. The number of benzene rings is 1. The fourth-order valence-electron chi connectivity index (χ4n) is 2.28. The Labute approximate surface area is 131 Å². The van der Waals surface area contributed by atoms with Crippen molar-refractivity contribution in [2.45, 2.75) is 39.7 Å². The standard InChI is InChI=1S/C17H23N3O2/c1-4-20-11-15(16(19-20)12(2)3)17(22)18-14-7-5-13(6-8-14)9-10-21/h5-8,11-12,21H,4,9-10H2,1-3H3,(H,18,22). The summed E-state index contributed by atoms with van der Waals surface area (Å²) in [6.45, 7) is 6.92. The van der Waals surface area contributed by atoms with E-state index in [-0.39, 0.29) is 18.4 Å². The average Bonchev–Trinajstić information content (AvgIpc) is 2.94. The van der Waals surface area contributed by atoms with E-state index in [0.29, 0.717) is 12.0 Å². The molecule has 2 N–H and O–H groups in total. The van der Waals surface area contributed by atoms with Gasteiger partial charge in [0.1, 0.15) is 0 Å². The molecule has 0 saturated heterocycles. The van der Waals surface area contributed by atoms with E-state index in [1.165, 1.54) is 0 Å². The average molecular weight is 301 g/mol. The van der Waals surface area contributed by atoms with Crippen LogP contribution in [-0.4, -0.2) is 27.4 Å².